The van der Waals surface area contributed by atoms with Crippen LogP contribution in [0.1, 0.15) is 0 Å². The molecule has 3 aromatic rings. The minimum atomic E-state index is -13.9. The minimum Gasteiger partial charge on any atom is -0.0619 e. The van der Waals surface area contributed by atoms with E-state index >= 15 is 0 Å². The molecule has 0 aliphatic rings. The molecule has 0 unspecified atom stereocenters. The second kappa shape index (κ2) is 11.8. The quantitative estimate of drug-likeness (QED) is 0.135. The molecule has 0 spiro atoms. The van der Waals surface area contributed by atoms with Gasteiger partial charge in [-0.25, -0.2) is 0 Å². The van der Waals surface area contributed by atoms with E-state index in [2.05, 4.69) is 91.0 Å². The largest absolute Gasteiger partial charge is 0.166 e. The standard InChI is InChI=1S/C18H15S.C8H2F17NP/c1-4-10-16(11-5-1)19(17-12-6-2-7-13-17)18-14-8-3-9-15-18;9-3(10,11)6(18,19)27(24,25,2-1-26,7(20,21)4(12,13)14)8(22,23)5(15,16)17/h1-15H;2H2/q+1;-1. The van der Waals surface area contributed by atoms with Gasteiger partial charge in [0, 0.05) is 0 Å². The third-order valence-electron chi connectivity index (χ3n) is 6.46. The zero-order valence-electron chi connectivity index (χ0n) is 22.1. The van der Waals surface area contributed by atoms with Crippen LogP contribution in [0.15, 0.2) is 106 Å². The summed E-state index contributed by atoms with van der Waals surface area (Å²) in [6, 6.07) is 31.2. The molecule has 1 nitrogen and oxygen atoms in total. The van der Waals surface area contributed by atoms with Crippen molar-refractivity contribution in [3.8, 4) is 6.07 Å². The van der Waals surface area contributed by atoms with Gasteiger partial charge in [0.25, 0.3) is 0 Å². The van der Waals surface area contributed by atoms with Crippen molar-refractivity contribution in [2.45, 2.75) is 50.2 Å². The molecule has 20 heteroatoms. The molecule has 0 radical (unpaired) electrons. The normalized spacial score (nSPS) is 15.2. The molecule has 0 aliphatic carbocycles. The average molecular weight is 729 g/mol. The van der Waals surface area contributed by atoms with Crippen LogP contribution in [0.2, 0.25) is 0 Å². The van der Waals surface area contributed by atoms with Crippen LogP contribution in [0, 0.1) is 11.3 Å². The van der Waals surface area contributed by atoms with Gasteiger partial charge in [0.1, 0.15) is 0 Å². The summed E-state index contributed by atoms with van der Waals surface area (Å²) in [4.78, 5) is 4.08. The molecule has 0 saturated heterocycles. The predicted octanol–water partition coefficient (Wildman–Crippen LogP) is 11.6. The Morgan fingerprint density at radius 3 is 0.848 bits per heavy atom. The summed E-state index contributed by atoms with van der Waals surface area (Å²) in [6.45, 7) is -13.9. The summed E-state index contributed by atoms with van der Waals surface area (Å²) < 4.78 is 220. The SMILES string of the molecule is N#CC[P-](F)(F)(C(F)(F)C(F)(F)F)(C(F)(F)C(F)(F)F)C(F)(F)C(F)(F)F.c1ccc([S+](c2ccccc2)c2ccccc2)cc1. The molecular formula is C26H17F17NPS. The summed E-state index contributed by atoms with van der Waals surface area (Å²) in [5, 5.41) is 7.82. The van der Waals surface area contributed by atoms with Crippen molar-refractivity contribution in [2.24, 2.45) is 0 Å². The van der Waals surface area contributed by atoms with E-state index in [1.165, 1.54) is 14.7 Å². The summed E-state index contributed by atoms with van der Waals surface area (Å²) in [5.74, 6) is 0. The first-order valence-electron chi connectivity index (χ1n) is 11.8. The van der Waals surface area contributed by atoms with E-state index in [1.54, 1.807) is 0 Å². The van der Waals surface area contributed by atoms with Gasteiger partial charge in [-0.3, -0.25) is 0 Å². The van der Waals surface area contributed by atoms with Gasteiger partial charge >= 0.3 is 134 Å². The molecule has 0 amide bonds. The fraction of sp³-hybridized carbons (Fsp3) is 0.269. The van der Waals surface area contributed by atoms with Gasteiger partial charge < -0.3 is 0 Å². The maximum Gasteiger partial charge on any atom is 0.166 e. The second-order valence-corrected chi connectivity index (χ2v) is 16.6. The molecular weight excluding hydrogens is 712 g/mol. The number of hydrogen-bond donors (Lipinski definition) is 0. The average Bonchev–Trinajstić information content (AvgIpc) is 2.93. The molecule has 0 heterocycles. The Balaban J connectivity index is 0.000000336. The third-order valence-corrected chi connectivity index (χ3v) is 14.5. The molecule has 3 rings (SSSR count). The second-order valence-electron chi connectivity index (χ2n) is 9.30. The number of nitrogens with zero attached hydrogens (tertiary/aromatic N) is 1. The zero-order valence-corrected chi connectivity index (χ0v) is 23.8. The topological polar surface area (TPSA) is 23.8 Å². The maximum atomic E-state index is 14.5. The van der Waals surface area contributed by atoms with Gasteiger partial charge in [0.2, 0.25) is 0 Å². The Hall–Kier alpha value is -3.26. The Morgan fingerprint density at radius 2 is 0.674 bits per heavy atom. The van der Waals surface area contributed by atoms with Gasteiger partial charge in [-0.2, -0.15) is 0 Å². The van der Waals surface area contributed by atoms with Crippen LogP contribution in [0.3, 0.4) is 0 Å². The van der Waals surface area contributed by atoms with Crippen LogP contribution in [-0.2, 0) is 10.9 Å². The van der Waals surface area contributed by atoms with E-state index in [9.17, 15) is 74.3 Å². The molecule has 0 aromatic heterocycles. The number of halogens is 17. The molecule has 0 saturated carbocycles. The van der Waals surface area contributed by atoms with Crippen molar-refractivity contribution in [1.29, 1.82) is 5.26 Å². The first kappa shape index (κ1) is 38.9. The summed E-state index contributed by atoms with van der Waals surface area (Å²) >= 11 is 0. The van der Waals surface area contributed by atoms with Gasteiger partial charge in [0.15, 0.2) is 14.7 Å². The molecule has 0 fully saturated rings. The van der Waals surface area contributed by atoms with Gasteiger partial charge in [-0.05, 0) is 36.4 Å². The van der Waals surface area contributed by atoms with Crippen molar-refractivity contribution in [3.05, 3.63) is 91.0 Å². The number of alkyl halides is 15. The summed E-state index contributed by atoms with van der Waals surface area (Å²) in [7, 11) is -0.0146. The molecule has 0 bridgehead atoms. The van der Waals surface area contributed by atoms with Gasteiger partial charge in [-0.15, -0.1) is 0 Å². The van der Waals surface area contributed by atoms with Gasteiger partial charge in [-0.1, -0.05) is 54.6 Å². The van der Waals surface area contributed by atoms with E-state index in [0.717, 1.165) is 0 Å². The molecule has 46 heavy (non-hydrogen) atoms. The van der Waals surface area contributed by atoms with Crippen molar-refractivity contribution < 1.29 is 74.3 Å². The molecule has 3 aromatic carbocycles. The minimum absolute atomic E-state index is 0.0146. The predicted molar refractivity (Wildman–Crippen MR) is 134 cm³/mol. The Morgan fingerprint density at radius 1 is 0.457 bits per heavy atom. The van der Waals surface area contributed by atoms with Crippen LogP contribution in [0.4, 0.5) is 74.3 Å². The fourth-order valence-corrected chi connectivity index (χ4v) is 9.95. The Labute approximate surface area is 250 Å². The van der Waals surface area contributed by atoms with Crippen molar-refractivity contribution in [3.63, 3.8) is 0 Å². The number of nitriles is 1. The Kier molecular flexibility index (Phi) is 9.95. The van der Waals surface area contributed by atoms with Crippen molar-refractivity contribution in [2.75, 3.05) is 6.16 Å². The van der Waals surface area contributed by atoms with E-state index in [1.807, 2.05) is 0 Å². The maximum absolute atomic E-state index is 14.5. The van der Waals surface area contributed by atoms with Crippen molar-refractivity contribution >= 4 is 17.5 Å². The van der Waals surface area contributed by atoms with E-state index < -0.39 is 54.3 Å². The van der Waals surface area contributed by atoms with Gasteiger partial charge in [0.05, 0.1) is 10.9 Å². The van der Waals surface area contributed by atoms with E-state index in [4.69, 9.17) is 5.26 Å². The monoisotopic (exact) mass is 729 g/mol. The number of rotatable bonds is 7. The molecule has 0 atom stereocenters. The molecule has 256 valence electrons. The fourth-order valence-electron chi connectivity index (χ4n) is 4.00. The summed E-state index contributed by atoms with van der Waals surface area (Å²) in [6.07, 6.45) is -30.5. The first-order valence-corrected chi connectivity index (χ1v) is 15.7. The third kappa shape index (κ3) is 5.25. The molecule has 0 N–H and O–H groups in total. The van der Waals surface area contributed by atoms with Crippen LogP contribution in [-0.4, -0.2) is 41.7 Å². The van der Waals surface area contributed by atoms with Crippen LogP contribution in [0.25, 0.3) is 0 Å². The van der Waals surface area contributed by atoms with Crippen LogP contribution >= 0.6 is 6.57 Å². The van der Waals surface area contributed by atoms with E-state index in [0.29, 0.717) is 0 Å². The number of benzene rings is 3. The van der Waals surface area contributed by atoms with Crippen LogP contribution in [0.5, 0.6) is 0 Å². The Bertz CT molecular complexity index is 1360. The molecule has 0 aliphatic heterocycles. The smallest absolute Gasteiger partial charge is 0.0619 e. The van der Waals surface area contributed by atoms with E-state index in [-0.39, 0.29) is 10.9 Å². The zero-order chi connectivity index (χ0) is 35.7. The first-order chi connectivity index (χ1) is 20.6. The van der Waals surface area contributed by atoms with Crippen LogP contribution < -0.4 is 0 Å². The summed E-state index contributed by atoms with van der Waals surface area (Å²) in [5.41, 5.74) is -27.9. The number of hydrogen-bond acceptors (Lipinski definition) is 1. The van der Waals surface area contributed by atoms with Crippen molar-refractivity contribution in [1.82, 2.24) is 0 Å².